The number of carbonyl (C=O) groups is 2. The van der Waals surface area contributed by atoms with Gasteiger partial charge in [-0.25, -0.2) is 22.8 Å². The van der Waals surface area contributed by atoms with E-state index in [9.17, 15) is 18.0 Å². The van der Waals surface area contributed by atoms with Crippen molar-refractivity contribution in [3.8, 4) is 17.1 Å². The number of carbonyl (C=O) groups excluding carboxylic acids is 2. The van der Waals surface area contributed by atoms with Gasteiger partial charge in [-0.05, 0) is 90.8 Å². The molecule has 4 aromatic heterocycles. The maximum Gasteiger partial charge on any atom is 0.272 e. The van der Waals surface area contributed by atoms with E-state index in [0.717, 1.165) is 44.4 Å². The Kier molecular flexibility index (Phi) is 12.3. The number of aryl methyl sites for hydroxylation is 2. The number of amides is 2. The van der Waals surface area contributed by atoms with Gasteiger partial charge in [0.2, 0.25) is 5.95 Å². The highest BCUT2D eigenvalue weighted by molar-refractivity contribution is 7.90. The van der Waals surface area contributed by atoms with Crippen LogP contribution in [-0.4, -0.2) is 130 Å². The molecule has 8 aromatic rings. The maximum absolute atomic E-state index is 13.6. The lowest BCUT2D eigenvalue weighted by Crippen LogP contribution is -2.49. The number of ether oxygens (including phenoxy) is 1. The van der Waals surface area contributed by atoms with Crippen molar-refractivity contribution < 1.29 is 22.7 Å². The Morgan fingerprint density at radius 2 is 1.28 bits per heavy atom. The average molecular weight is 919 g/mol. The molecule has 2 N–H and O–H groups in total. The molecule has 0 bridgehead atoms. The number of aromatic nitrogens is 7. The number of piperazine rings is 2. The molecule has 2 amide bonds. The average Bonchev–Trinajstić information content (AvgIpc) is 4.01. The van der Waals surface area contributed by atoms with Crippen LogP contribution >= 0.6 is 0 Å². The first-order valence-electron chi connectivity index (χ1n) is 21.9. The van der Waals surface area contributed by atoms with E-state index in [2.05, 4.69) is 30.0 Å². The Labute approximate surface area is 387 Å². The molecule has 342 valence electrons. The van der Waals surface area contributed by atoms with Crippen molar-refractivity contribution in [3.05, 3.63) is 144 Å². The standard InChI is InChI=1S/C25H25N5O3S.C24H25N7O2/c1-18-15-23(25(31)29-13-11-28(12-14-29)21-7-9-26-10-8-21)30(27-18)22-16-19-5-3-4-6-20(19)17-24(22)34(2,32)33;1-16-14-19-18(15-21(16)33-2)22(25)28-24(27-19)30-12-10-29(11-13-30)23(32)20-8-9-26-31(20)17-6-4-3-5-7-17/h3-10,15-17H,11-14H2,1-2H3;3-9,14-15H,10-13H2,1-2H3,(H2,25,27,28). The molecule has 18 heteroatoms. The zero-order chi connectivity index (χ0) is 46.8. The van der Waals surface area contributed by atoms with E-state index in [0.29, 0.717) is 86.9 Å². The molecular weight excluding hydrogens is 869 g/mol. The molecule has 67 heavy (non-hydrogen) atoms. The highest BCUT2D eigenvalue weighted by atomic mass is 32.2. The van der Waals surface area contributed by atoms with E-state index >= 15 is 0 Å². The molecule has 6 heterocycles. The molecule has 0 aliphatic carbocycles. The number of rotatable bonds is 8. The molecule has 0 radical (unpaired) electrons. The van der Waals surface area contributed by atoms with Gasteiger partial charge in [0.05, 0.1) is 40.8 Å². The van der Waals surface area contributed by atoms with Crippen molar-refractivity contribution in [2.75, 3.05) is 81.3 Å². The maximum atomic E-state index is 13.6. The highest BCUT2D eigenvalue weighted by Gasteiger charge is 2.29. The molecule has 10 rings (SSSR count). The lowest BCUT2D eigenvalue weighted by molar-refractivity contribution is 0.0730. The third-order valence-electron chi connectivity index (χ3n) is 12.0. The third-order valence-corrected chi connectivity index (χ3v) is 13.2. The van der Waals surface area contributed by atoms with Crippen LogP contribution in [0, 0.1) is 13.8 Å². The molecule has 2 aliphatic rings. The number of methoxy groups -OCH3 is 1. The van der Waals surface area contributed by atoms with Crippen LogP contribution in [0.5, 0.6) is 5.75 Å². The smallest absolute Gasteiger partial charge is 0.272 e. The first-order chi connectivity index (χ1) is 32.4. The number of anilines is 3. The summed E-state index contributed by atoms with van der Waals surface area (Å²) in [6.45, 7) is 8.64. The fraction of sp³-hybridized carbons (Fsp3) is 0.245. The predicted octanol–water partition coefficient (Wildman–Crippen LogP) is 5.77. The number of nitrogens with zero attached hydrogens (tertiary/aromatic N) is 11. The van der Waals surface area contributed by atoms with E-state index in [-0.39, 0.29) is 16.7 Å². The number of nitrogens with two attached hydrogens (primary N) is 1. The first kappa shape index (κ1) is 44.3. The van der Waals surface area contributed by atoms with Crippen molar-refractivity contribution in [2.45, 2.75) is 18.7 Å². The van der Waals surface area contributed by atoms with Crippen LogP contribution in [0.25, 0.3) is 33.1 Å². The fourth-order valence-electron chi connectivity index (χ4n) is 8.53. The summed E-state index contributed by atoms with van der Waals surface area (Å²) in [5.41, 5.74) is 11.9. The SMILES string of the molecule is COc1cc2c(N)nc(N3CCN(C(=O)c4ccnn4-c4ccccc4)CC3)nc2cc1C.Cc1cc(C(=O)N2CCN(c3ccncc3)CC2)n(-c2cc3ccccc3cc2S(C)(=O)=O)n1. The van der Waals surface area contributed by atoms with Gasteiger partial charge < -0.3 is 30.1 Å². The Bertz CT molecular complexity index is 3220. The van der Waals surface area contributed by atoms with Gasteiger partial charge in [0.25, 0.3) is 11.8 Å². The van der Waals surface area contributed by atoms with Crippen LogP contribution in [0.2, 0.25) is 0 Å². The van der Waals surface area contributed by atoms with Crippen LogP contribution in [0.4, 0.5) is 17.5 Å². The predicted molar refractivity (Wildman–Crippen MR) is 258 cm³/mol. The lowest BCUT2D eigenvalue weighted by Gasteiger charge is -2.36. The monoisotopic (exact) mass is 918 g/mol. The zero-order valence-electron chi connectivity index (χ0n) is 37.7. The van der Waals surface area contributed by atoms with Gasteiger partial charge in [-0.3, -0.25) is 14.6 Å². The third kappa shape index (κ3) is 9.20. The van der Waals surface area contributed by atoms with E-state index in [1.807, 2.05) is 90.7 Å². The summed E-state index contributed by atoms with van der Waals surface area (Å²) in [4.78, 5) is 48.2. The summed E-state index contributed by atoms with van der Waals surface area (Å²) in [5.74, 6) is 1.54. The summed E-state index contributed by atoms with van der Waals surface area (Å²) < 4.78 is 33.9. The highest BCUT2D eigenvalue weighted by Crippen LogP contribution is 2.31. The van der Waals surface area contributed by atoms with Gasteiger partial charge in [-0.15, -0.1) is 0 Å². The van der Waals surface area contributed by atoms with Gasteiger partial charge >= 0.3 is 0 Å². The lowest BCUT2D eigenvalue weighted by atomic mass is 10.1. The van der Waals surface area contributed by atoms with Gasteiger partial charge in [-0.2, -0.15) is 15.2 Å². The number of benzene rings is 4. The molecule has 0 atom stereocenters. The number of fused-ring (bicyclic) bond motifs is 2. The van der Waals surface area contributed by atoms with E-state index < -0.39 is 9.84 Å². The van der Waals surface area contributed by atoms with E-state index in [1.165, 1.54) is 10.9 Å². The van der Waals surface area contributed by atoms with E-state index in [4.69, 9.17) is 15.5 Å². The molecule has 2 fully saturated rings. The van der Waals surface area contributed by atoms with Gasteiger partial charge in [0.1, 0.15) is 23.0 Å². The minimum Gasteiger partial charge on any atom is -0.496 e. The van der Waals surface area contributed by atoms with Crippen molar-refractivity contribution in [2.24, 2.45) is 0 Å². The molecule has 17 nitrogen and oxygen atoms in total. The van der Waals surface area contributed by atoms with Gasteiger partial charge in [-0.1, -0.05) is 42.5 Å². The summed E-state index contributed by atoms with van der Waals surface area (Å²) >= 11 is 0. The normalized spacial score (nSPS) is 14.3. The Morgan fingerprint density at radius 3 is 1.94 bits per heavy atom. The summed E-state index contributed by atoms with van der Waals surface area (Å²) in [6.07, 6.45) is 6.35. The fourth-order valence-corrected chi connectivity index (χ4v) is 9.40. The molecular formula is C49H50N12O5S. The van der Waals surface area contributed by atoms with Crippen molar-refractivity contribution >= 4 is 60.8 Å². The number of hydrogen-bond acceptors (Lipinski definition) is 13. The minimum absolute atomic E-state index is 0.0438. The van der Waals surface area contributed by atoms with Gasteiger partial charge in [0.15, 0.2) is 9.84 Å². The van der Waals surface area contributed by atoms with Crippen molar-refractivity contribution in [1.29, 1.82) is 0 Å². The minimum atomic E-state index is -3.57. The van der Waals surface area contributed by atoms with Crippen LogP contribution in [0.1, 0.15) is 32.2 Å². The molecule has 2 aliphatic heterocycles. The molecule has 2 saturated heterocycles. The summed E-state index contributed by atoms with van der Waals surface area (Å²) in [7, 11) is -1.93. The van der Waals surface area contributed by atoms with Crippen LogP contribution in [0.3, 0.4) is 0 Å². The first-order valence-corrected chi connectivity index (χ1v) is 23.7. The second-order valence-electron chi connectivity index (χ2n) is 16.5. The van der Waals surface area contributed by atoms with Gasteiger partial charge in [0, 0.05) is 82.1 Å². The number of para-hydroxylation sites is 1. The number of nitrogen functional groups attached to an aromatic ring is 1. The number of sulfone groups is 1. The molecule has 4 aromatic carbocycles. The topological polar surface area (TPSA) is 191 Å². The Balaban J connectivity index is 0.000000168. The largest absolute Gasteiger partial charge is 0.496 e. The number of pyridine rings is 1. The summed E-state index contributed by atoms with van der Waals surface area (Å²) in [6, 6.07) is 31.9. The summed E-state index contributed by atoms with van der Waals surface area (Å²) in [5, 5.41) is 11.3. The van der Waals surface area contributed by atoms with E-state index in [1.54, 1.807) is 66.5 Å². The Hall–Kier alpha value is -7.86. The van der Waals surface area contributed by atoms with Crippen LogP contribution < -0.4 is 20.3 Å². The second kappa shape index (κ2) is 18.6. The second-order valence-corrected chi connectivity index (χ2v) is 18.5. The quantitative estimate of drug-likeness (QED) is 0.194. The number of hydrogen-bond donors (Lipinski definition) is 1. The van der Waals surface area contributed by atoms with Crippen LogP contribution in [-0.2, 0) is 9.84 Å². The zero-order valence-corrected chi connectivity index (χ0v) is 38.5. The van der Waals surface area contributed by atoms with Crippen molar-refractivity contribution in [3.63, 3.8) is 0 Å². The molecule has 0 unspecified atom stereocenters. The molecule has 0 spiro atoms. The van der Waals surface area contributed by atoms with Crippen LogP contribution in [0.15, 0.2) is 127 Å². The molecule has 0 saturated carbocycles. The van der Waals surface area contributed by atoms with Crippen molar-refractivity contribution in [1.82, 2.24) is 44.3 Å². The Morgan fingerprint density at radius 1 is 0.657 bits per heavy atom.